The van der Waals surface area contributed by atoms with E-state index in [-0.39, 0.29) is 45.2 Å². The summed E-state index contributed by atoms with van der Waals surface area (Å²) in [6, 6.07) is 0. The van der Waals surface area contributed by atoms with Gasteiger partial charge in [0.2, 0.25) is 0 Å². The van der Waals surface area contributed by atoms with Gasteiger partial charge in [-0.1, -0.05) is 60.1 Å². The molecular weight excluding hydrogens is 452 g/mol. The standard InChI is InChI=1S/C31H46O5/c1-26(2)14-15-31(24(32)33)13-10-20-28(5)11-8-19-27(3,4)23-18(35-25(34)36-23)16-30(19,7)21(28)9-12-29(20,6)22(31)17-26/h10,18-19,21-23H,8-9,11-17H2,1-7H3,(H,32,33). The van der Waals surface area contributed by atoms with Crippen LogP contribution in [0.4, 0.5) is 4.79 Å². The van der Waals surface area contributed by atoms with Gasteiger partial charge in [-0.25, -0.2) is 4.79 Å². The molecule has 5 heteroatoms. The van der Waals surface area contributed by atoms with Crippen molar-refractivity contribution < 1.29 is 24.2 Å². The maximum absolute atomic E-state index is 12.9. The number of allylic oxidation sites excluding steroid dienone is 2. The Hall–Kier alpha value is -1.52. The zero-order valence-electron chi connectivity index (χ0n) is 23.4. The lowest BCUT2D eigenvalue weighted by atomic mass is 9.34. The normalized spacial score (nSPS) is 52.2. The van der Waals surface area contributed by atoms with Crippen LogP contribution in [-0.4, -0.2) is 29.4 Å². The number of carboxylic acids is 1. The molecule has 200 valence electrons. The van der Waals surface area contributed by atoms with Crippen LogP contribution in [-0.2, 0) is 14.3 Å². The molecule has 4 saturated carbocycles. The average molecular weight is 499 g/mol. The highest BCUT2D eigenvalue weighted by molar-refractivity contribution is 5.76. The number of carbonyl (C=O) groups excluding carboxylic acids is 1. The smallest absolute Gasteiger partial charge is 0.481 e. The molecule has 5 fully saturated rings. The summed E-state index contributed by atoms with van der Waals surface area (Å²) in [5.74, 6) is 0.576. The van der Waals surface area contributed by atoms with E-state index in [0.717, 1.165) is 51.4 Å². The minimum atomic E-state index is -0.618. The number of hydrogen-bond donors (Lipinski definition) is 1. The van der Waals surface area contributed by atoms with Gasteiger partial charge >= 0.3 is 12.1 Å². The van der Waals surface area contributed by atoms with Crippen molar-refractivity contribution in [3.63, 3.8) is 0 Å². The first-order valence-corrected chi connectivity index (χ1v) is 14.4. The molecule has 9 atom stereocenters. The summed E-state index contributed by atoms with van der Waals surface area (Å²) in [4.78, 5) is 25.0. The van der Waals surface area contributed by atoms with E-state index in [1.165, 1.54) is 0 Å². The highest BCUT2D eigenvalue weighted by Gasteiger charge is 2.70. The van der Waals surface area contributed by atoms with Gasteiger partial charge in [-0.05, 0) is 97.2 Å². The molecule has 5 aliphatic carbocycles. The molecule has 1 saturated heterocycles. The summed E-state index contributed by atoms with van der Waals surface area (Å²) in [5.41, 5.74) is 1.04. The average Bonchev–Trinajstić information content (AvgIpc) is 3.13. The quantitative estimate of drug-likeness (QED) is 0.301. The van der Waals surface area contributed by atoms with Crippen LogP contribution in [0.5, 0.6) is 0 Å². The summed E-state index contributed by atoms with van der Waals surface area (Å²) >= 11 is 0. The molecule has 9 unspecified atom stereocenters. The highest BCUT2D eigenvalue weighted by atomic mass is 16.8. The molecule has 6 rings (SSSR count). The van der Waals surface area contributed by atoms with Gasteiger partial charge in [0.25, 0.3) is 0 Å². The molecule has 0 aromatic rings. The van der Waals surface area contributed by atoms with Gasteiger partial charge in [0, 0.05) is 5.41 Å². The van der Waals surface area contributed by atoms with Gasteiger partial charge < -0.3 is 14.6 Å². The Bertz CT molecular complexity index is 1040. The van der Waals surface area contributed by atoms with E-state index in [0.29, 0.717) is 18.3 Å². The first-order chi connectivity index (χ1) is 16.6. The summed E-state index contributed by atoms with van der Waals surface area (Å²) < 4.78 is 11.5. The molecule has 1 N–H and O–H groups in total. The van der Waals surface area contributed by atoms with Crippen LogP contribution in [0.3, 0.4) is 0 Å². The molecule has 0 aromatic carbocycles. The first-order valence-electron chi connectivity index (χ1n) is 14.4. The predicted molar refractivity (Wildman–Crippen MR) is 137 cm³/mol. The molecule has 0 aromatic heterocycles. The van der Waals surface area contributed by atoms with Crippen LogP contribution in [0.1, 0.15) is 106 Å². The summed E-state index contributed by atoms with van der Waals surface area (Å²) in [6.07, 6.45) is 10.3. The van der Waals surface area contributed by atoms with Gasteiger partial charge in [0.1, 0.15) is 12.2 Å². The fraction of sp³-hybridized carbons (Fsp3) is 0.871. The molecular formula is C31H46O5. The van der Waals surface area contributed by atoms with Gasteiger partial charge in [-0.3, -0.25) is 4.79 Å². The van der Waals surface area contributed by atoms with Gasteiger partial charge in [-0.2, -0.15) is 0 Å². The van der Waals surface area contributed by atoms with Crippen molar-refractivity contribution >= 4 is 12.1 Å². The fourth-order valence-electron chi connectivity index (χ4n) is 11.6. The summed E-state index contributed by atoms with van der Waals surface area (Å²) in [6.45, 7) is 16.6. The number of rotatable bonds is 1. The lowest BCUT2D eigenvalue weighted by Gasteiger charge is -2.70. The SMILES string of the molecule is CC1(C)CCC2(C(=O)O)CC=C3C(C)(CCC4C3(C)CCC3C(C)(C)C5OC(=O)OC5CC43C)C2C1. The van der Waals surface area contributed by atoms with E-state index in [4.69, 9.17) is 9.47 Å². The molecule has 6 aliphatic rings. The molecule has 1 aliphatic heterocycles. The van der Waals surface area contributed by atoms with E-state index in [1.807, 2.05) is 0 Å². The predicted octanol–water partition coefficient (Wildman–Crippen LogP) is 7.39. The molecule has 0 bridgehead atoms. The van der Waals surface area contributed by atoms with Crippen molar-refractivity contribution in [1.29, 1.82) is 0 Å². The lowest BCUT2D eigenvalue weighted by Crippen LogP contribution is -2.65. The van der Waals surface area contributed by atoms with Crippen LogP contribution in [0, 0.1) is 50.2 Å². The first kappa shape index (κ1) is 24.8. The van der Waals surface area contributed by atoms with Gasteiger partial charge in [0.15, 0.2) is 0 Å². The van der Waals surface area contributed by atoms with Crippen LogP contribution in [0.15, 0.2) is 11.6 Å². The fourth-order valence-corrected chi connectivity index (χ4v) is 11.6. The third-order valence-electron chi connectivity index (χ3n) is 13.1. The molecule has 36 heavy (non-hydrogen) atoms. The summed E-state index contributed by atoms with van der Waals surface area (Å²) in [7, 11) is 0. The molecule has 1 heterocycles. The lowest BCUT2D eigenvalue weighted by molar-refractivity contribution is -0.196. The Kier molecular flexibility index (Phi) is 4.90. The maximum Gasteiger partial charge on any atom is 0.509 e. The van der Waals surface area contributed by atoms with Crippen molar-refractivity contribution in [1.82, 2.24) is 0 Å². The van der Waals surface area contributed by atoms with Gasteiger partial charge in [0.05, 0.1) is 5.41 Å². The number of carboxylic acid groups (broad SMARTS) is 1. The zero-order valence-corrected chi connectivity index (χ0v) is 23.4. The number of ether oxygens (including phenoxy) is 2. The number of hydrogen-bond acceptors (Lipinski definition) is 4. The van der Waals surface area contributed by atoms with Gasteiger partial charge in [-0.15, -0.1) is 0 Å². The Morgan fingerprint density at radius 3 is 2.17 bits per heavy atom. The third-order valence-corrected chi connectivity index (χ3v) is 13.1. The number of carbonyl (C=O) groups is 2. The largest absolute Gasteiger partial charge is 0.509 e. The maximum atomic E-state index is 12.9. The third kappa shape index (κ3) is 2.89. The van der Waals surface area contributed by atoms with E-state index < -0.39 is 17.5 Å². The Morgan fingerprint density at radius 2 is 1.50 bits per heavy atom. The van der Waals surface area contributed by atoms with Crippen molar-refractivity contribution in [3.05, 3.63) is 11.6 Å². The van der Waals surface area contributed by atoms with E-state index in [1.54, 1.807) is 5.57 Å². The van der Waals surface area contributed by atoms with Crippen LogP contribution in [0.25, 0.3) is 0 Å². The molecule has 0 spiro atoms. The number of aliphatic carboxylic acids is 1. The molecule has 0 amide bonds. The van der Waals surface area contributed by atoms with Crippen molar-refractivity contribution in [2.75, 3.05) is 0 Å². The van der Waals surface area contributed by atoms with Crippen molar-refractivity contribution in [3.8, 4) is 0 Å². The minimum Gasteiger partial charge on any atom is -0.481 e. The molecule has 5 nitrogen and oxygen atoms in total. The van der Waals surface area contributed by atoms with Crippen molar-refractivity contribution in [2.45, 2.75) is 118 Å². The second-order valence-corrected chi connectivity index (χ2v) is 15.7. The van der Waals surface area contributed by atoms with E-state index >= 15 is 0 Å². The molecule has 0 radical (unpaired) electrons. The Morgan fingerprint density at radius 1 is 0.861 bits per heavy atom. The van der Waals surface area contributed by atoms with Crippen LogP contribution < -0.4 is 0 Å². The van der Waals surface area contributed by atoms with E-state index in [9.17, 15) is 14.7 Å². The summed E-state index contributed by atoms with van der Waals surface area (Å²) in [5, 5.41) is 10.6. The zero-order chi connectivity index (χ0) is 26.1. The monoisotopic (exact) mass is 498 g/mol. The van der Waals surface area contributed by atoms with Crippen molar-refractivity contribution in [2.24, 2.45) is 50.2 Å². The Labute approximate surface area is 216 Å². The van der Waals surface area contributed by atoms with Crippen LogP contribution in [0.2, 0.25) is 0 Å². The Balaban J connectivity index is 1.42. The topological polar surface area (TPSA) is 72.8 Å². The minimum absolute atomic E-state index is 0.0525. The second-order valence-electron chi connectivity index (χ2n) is 15.7. The highest BCUT2D eigenvalue weighted by Crippen LogP contribution is 2.75. The van der Waals surface area contributed by atoms with Crippen LogP contribution >= 0.6 is 0 Å². The van der Waals surface area contributed by atoms with E-state index in [2.05, 4.69) is 54.5 Å². The number of fused-ring (bicyclic) bond motifs is 8. The second kappa shape index (κ2) is 7.11.